The lowest BCUT2D eigenvalue weighted by atomic mass is 10.1. The molecular weight excluding hydrogens is 411 g/mol. The molecule has 0 saturated carbocycles. The highest BCUT2D eigenvalue weighted by atomic mass is 32.1. The van der Waals surface area contributed by atoms with Crippen molar-refractivity contribution in [2.45, 2.75) is 6.18 Å². The number of halogens is 3. The van der Waals surface area contributed by atoms with Crippen LogP contribution in [0.4, 0.5) is 18.9 Å². The lowest BCUT2D eigenvalue weighted by Gasteiger charge is -2.10. The molecule has 0 radical (unpaired) electrons. The topological polar surface area (TPSA) is 54.9 Å². The fourth-order valence-electron chi connectivity index (χ4n) is 2.82. The minimum absolute atomic E-state index is 0.0669. The van der Waals surface area contributed by atoms with Gasteiger partial charge in [0.2, 0.25) is 0 Å². The van der Waals surface area contributed by atoms with Gasteiger partial charge in [-0.15, -0.1) is 11.3 Å². The molecule has 150 valence electrons. The van der Waals surface area contributed by atoms with Gasteiger partial charge in [0.1, 0.15) is 5.01 Å². The number of amides is 1. The van der Waals surface area contributed by atoms with Crippen molar-refractivity contribution in [3.05, 3.63) is 89.6 Å². The first-order chi connectivity index (χ1) is 14.4. The van der Waals surface area contributed by atoms with Crippen LogP contribution in [0.5, 0.6) is 0 Å². The number of thiazole rings is 1. The third kappa shape index (κ3) is 4.38. The monoisotopic (exact) mass is 425 g/mol. The lowest BCUT2D eigenvalue weighted by Crippen LogP contribution is -2.13. The Morgan fingerprint density at radius 1 is 0.967 bits per heavy atom. The van der Waals surface area contributed by atoms with Gasteiger partial charge < -0.3 is 5.32 Å². The van der Waals surface area contributed by atoms with E-state index in [4.69, 9.17) is 0 Å². The van der Waals surface area contributed by atoms with Crippen LogP contribution < -0.4 is 5.32 Å². The van der Waals surface area contributed by atoms with E-state index < -0.39 is 17.6 Å². The molecule has 0 aliphatic carbocycles. The summed E-state index contributed by atoms with van der Waals surface area (Å²) in [5.74, 6) is -0.618. The maximum absolute atomic E-state index is 12.9. The smallest absolute Gasteiger partial charge is 0.322 e. The molecule has 8 heteroatoms. The van der Waals surface area contributed by atoms with E-state index in [-0.39, 0.29) is 5.56 Å². The van der Waals surface area contributed by atoms with E-state index in [0.717, 1.165) is 34.0 Å². The van der Waals surface area contributed by atoms with Gasteiger partial charge in [0.25, 0.3) is 5.91 Å². The summed E-state index contributed by atoms with van der Waals surface area (Å²) >= 11 is 1.47. The van der Waals surface area contributed by atoms with Crippen molar-refractivity contribution in [1.82, 2.24) is 9.97 Å². The average molecular weight is 425 g/mol. The van der Waals surface area contributed by atoms with Crippen molar-refractivity contribution < 1.29 is 18.0 Å². The van der Waals surface area contributed by atoms with Crippen LogP contribution in [0.15, 0.2) is 78.4 Å². The summed E-state index contributed by atoms with van der Waals surface area (Å²) in [6.07, 6.45) is -1.09. The number of aromatic nitrogens is 2. The molecule has 0 aliphatic rings. The van der Waals surface area contributed by atoms with Gasteiger partial charge in [-0.05, 0) is 42.5 Å². The minimum Gasteiger partial charge on any atom is -0.322 e. The number of pyridine rings is 1. The summed E-state index contributed by atoms with van der Waals surface area (Å²) in [4.78, 5) is 21.1. The first-order valence-corrected chi connectivity index (χ1v) is 9.73. The highest BCUT2D eigenvalue weighted by Gasteiger charge is 2.30. The van der Waals surface area contributed by atoms with Gasteiger partial charge in [-0.3, -0.25) is 9.78 Å². The third-order valence-electron chi connectivity index (χ3n) is 4.28. The van der Waals surface area contributed by atoms with Gasteiger partial charge >= 0.3 is 6.18 Å². The number of rotatable bonds is 4. The van der Waals surface area contributed by atoms with Crippen molar-refractivity contribution in [2.24, 2.45) is 0 Å². The largest absolute Gasteiger partial charge is 0.416 e. The molecule has 4 rings (SSSR count). The SMILES string of the molecule is O=C(Nc1cccc(-c2csc(-c3cccnc3)n2)c1)c1cccc(C(F)(F)F)c1. The van der Waals surface area contributed by atoms with Gasteiger partial charge in [-0.1, -0.05) is 18.2 Å². The second kappa shape index (κ2) is 8.08. The zero-order chi connectivity index (χ0) is 21.1. The Kier molecular flexibility index (Phi) is 5.33. The maximum atomic E-state index is 12.9. The van der Waals surface area contributed by atoms with Crippen molar-refractivity contribution in [3.8, 4) is 21.8 Å². The number of nitrogens with zero attached hydrogens (tertiary/aromatic N) is 2. The van der Waals surface area contributed by atoms with Crippen LogP contribution in [0.3, 0.4) is 0 Å². The highest BCUT2D eigenvalue weighted by molar-refractivity contribution is 7.13. The van der Waals surface area contributed by atoms with E-state index in [2.05, 4.69) is 15.3 Å². The van der Waals surface area contributed by atoms with E-state index in [0.29, 0.717) is 5.69 Å². The van der Waals surface area contributed by atoms with E-state index in [1.54, 1.807) is 30.6 Å². The molecule has 1 amide bonds. The molecule has 4 nitrogen and oxygen atoms in total. The molecule has 0 spiro atoms. The molecule has 4 aromatic rings. The molecule has 0 fully saturated rings. The molecule has 2 heterocycles. The normalized spacial score (nSPS) is 11.3. The first-order valence-electron chi connectivity index (χ1n) is 8.85. The number of nitrogens with one attached hydrogen (secondary N) is 1. The Labute approximate surface area is 174 Å². The van der Waals surface area contributed by atoms with Crippen LogP contribution in [0.2, 0.25) is 0 Å². The molecule has 1 N–H and O–H groups in total. The van der Waals surface area contributed by atoms with Gasteiger partial charge in [0.05, 0.1) is 11.3 Å². The number of alkyl halides is 3. The van der Waals surface area contributed by atoms with Crippen molar-refractivity contribution in [1.29, 1.82) is 0 Å². The number of hydrogen-bond acceptors (Lipinski definition) is 4. The Balaban J connectivity index is 1.55. The van der Waals surface area contributed by atoms with Crippen molar-refractivity contribution in [3.63, 3.8) is 0 Å². The summed E-state index contributed by atoms with van der Waals surface area (Å²) in [7, 11) is 0. The van der Waals surface area contributed by atoms with Crippen LogP contribution in [-0.2, 0) is 6.18 Å². The second-order valence-electron chi connectivity index (χ2n) is 6.39. The predicted octanol–water partition coefficient (Wildman–Crippen LogP) is 6.14. The van der Waals surface area contributed by atoms with Gasteiger partial charge in [-0.25, -0.2) is 4.98 Å². The lowest BCUT2D eigenvalue weighted by molar-refractivity contribution is -0.137. The number of carbonyl (C=O) groups excluding carboxylic acids is 1. The van der Waals surface area contributed by atoms with Crippen LogP contribution >= 0.6 is 11.3 Å². The summed E-state index contributed by atoms with van der Waals surface area (Å²) < 4.78 is 38.6. The molecule has 0 bridgehead atoms. The summed E-state index contributed by atoms with van der Waals surface area (Å²) in [5, 5.41) is 5.36. The molecule has 0 unspecified atom stereocenters. The van der Waals surface area contributed by atoms with Crippen molar-refractivity contribution in [2.75, 3.05) is 5.32 Å². The standard InChI is InChI=1S/C22H14F3N3OS/c23-22(24,25)17-7-1-5-15(10-17)20(29)27-18-8-2-4-14(11-18)19-13-30-21(28-19)16-6-3-9-26-12-16/h1-13H,(H,27,29). The van der Waals surface area contributed by atoms with E-state index in [1.807, 2.05) is 23.6 Å². The fourth-order valence-corrected chi connectivity index (χ4v) is 3.64. The number of hydrogen-bond donors (Lipinski definition) is 1. The average Bonchev–Trinajstić information content (AvgIpc) is 3.24. The fraction of sp³-hybridized carbons (Fsp3) is 0.0455. The molecule has 30 heavy (non-hydrogen) atoms. The summed E-state index contributed by atoms with van der Waals surface area (Å²) in [6.45, 7) is 0. The number of anilines is 1. The molecule has 0 atom stereocenters. The molecule has 2 aromatic carbocycles. The maximum Gasteiger partial charge on any atom is 0.416 e. The zero-order valence-corrected chi connectivity index (χ0v) is 16.2. The van der Waals surface area contributed by atoms with Crippen LogP contribution in [-0.4, -0.2) is 15.9 Å². The summed E-state index contributed by atoms with van der Waals surface area (Å²) in [5.41, 5.74) is 1.95. The molecule has 2 aromatic heterocycles. The van der Waals surface area contributed by atoms with Gasteiger partial charge in [0, 0.05) is 40.2 Å². The van der Waals surface area contributed by atoms with Gasteiger partial charge in [0.15, 0.2) is 0 Å². The predicted molar refractivity (Wildman–Crippen MR) is 110 cm³/mol. The van der Waals surface area contributed by atoms with E-state index in [1.165, 1.54) is 23.5 Å². The molecule has 0 saturated heterocycles. The quantitative estimate of drug-likeness (QED) is 0.427. The number of benzene rings is 2. The van der Waals surface area contributed by atoms with Crippen LogP contribution in [0.1, 0.15) is 15.9 Å². The summed E-state index contributed by atoms with van der Waals surface area (Å²) in [6, 6.07) is 15.1. The third-order valence-corrected chi connectivity index (χ3v) is 5.17. The minimum atomic E-state index is -4.51. The zero-order valence-electron chi connectivity index (χ0n) is 15.4. The molecule has 0 aliphatic heterocycles. The van der Waals surface area contributed by atoms with Crippen LogP contribution in [0.25, 0.3) is 21.8 Å². The van der Waals surface area contributed by atoms with Crippen molar-refractivity contribution >= 4 is 22.9 Å². The Morgan fingerprint density at radius 3 is 2.53 bits per heavy atom. The highest BCUT2D eigenvalue weighted by Crippen LogP contribution is 2.31. The molecular formula is C22H14F3N3OS. The Morgan fingerprint density at radius 2 is 1.77 bits per heavy atom. The first kappa shape index (κ1) is 19.8. The second-order valence-corrected chi connectivity index (χ2v) is 7.25. The van der Waals surface area contributed by atoms with E-state index in [9.17, 15) is 18.0 Å². The Bertz CT molecular complexity index is 1190. The van der Waals surface area contributed by atoms with Gasteiger partial charge in [-0.2, -0.15) is 13.2 Å². The Hall–Kier alpha value is -3.52. The number of carbonyl (C=O) groups is 1. The van der Waals surface area contributed by atoms with E-state index >= 15 is 0 Å². The van der Waals surface area contributed by atoms with Crippen LogP contribution in [0, 0.1) is 0 Å².